The van der Waals surface area contributed by atoms with Gasteiger partial charge in [0.1, 0.15) is 11.3 Å². The average molecular weight is 296 g/mol. The van der Waals surface area contributed by atoms with Gasteiger partial charge in [0.05, 0.1) is 18.0 Å². The van der Waals surface area contributed by atoms with Crippen molar-refractivity contribution in [3.63, 3.8) is 0 Å². The highest BCUT2D eigenvalue weighted by atomic mass is 16.6. The fraction of sp³-hybridized carbons (Fsp3) is 0.385. The van der Waals surface area contributed by atoms with E-state index in [1.54, 1.807) is 6.92 Å². The third-order valence-electron chi connectivity index (χ3n) is 2.58. The first-order valence-corrected chi connectivity index (χ1v) is 6.29. The van der Waals surface area contributed by atoms with Crippen LogP contribution in [-0.4, -0.2) is 34.6 Å². The van der Waals surface area contributed by atoms with E-state index < -0.39 is 22.8 Å². The van der Waals surface area contributed by atoms with Gasteiger partial charge in [-0.3, -0.25) is 19.7 Å². The van der Waals surface area contributed by atoms with Crippen LogP contribution < -0.4 is 10.1 Å². The number of rotatable bonds is 7. The topological polar surface area (TPSA) is 119 Å². The molecular weight excluding hydrogens is 280 g/mol. The van der Waals surface area contributed by atoms with E-state index in [2.05, 4.69) is 5.32 Å². The second-order valence-electron chi connectivity index (χ2n) is 4.34. The molecule has 8 heteroatoms. The maximum Gasteiger partial charge on any atom is 0.305 e. The molecule has 8 nitrogen and oxygen atoms in total. The van der Waals surface area contributed by atoms with Crippen LogP contribution in [0.3, 0.4) is 0 Å². The van der Waals surface area contributed by atoms with Crippen molar-refractivity contribution in [2.45, 2.75) is 26.3 Å². The molecule has 0 aliphatic carbocycles. The molecule has 1 aromatic carbocycles. The Balaban J connectivity index is 3.01. The molecule has 0 heterocycles. The summed E-state index contributed by atoms with van der Waals surface area (Å²) in [6.45, 7) is 3.61. The van der Waals surface area contributed by atoms with E-state index in [4.69, 9.17) is 9.84 Å². The number of ether oxygens (including phenoxy) is 1. The van der Waals surface area contributed by atoms with Crippen LogP contribution in [-0.2, 0) is 4.79 Å². The number of nitrogens with zero attached hydrogens (tertiary/aromatic N) is 1. The molecule has 0 aliphatic heterocycles. The second-order valence-corrected chi connectivity index (χ2v) is 4.34. The third kappa shape index (κ3) is 4.75. The molecule has 1 atom stereocenters. The van der Waals surface area contributed by atoms with E-state index in [9.17, 15) is 19.7 Å². The van der Waals surface area contributed by atoms with Gasteiger partial charge in [-0.1, -0.05) is 0 Å². The minimum absolute atomic E-state index is 0.164. The minimum Gasteiger partial charge on any atom is -0.494 e. The lowest BCUT2D eigenvalue weighted by Gasteiger charge is -2.12. The molecule has 0 aliphatic rings. The van der Waals surface area contributed by atoms with Crippen LogP contribution in [0.5, 0.6) is 5.75 Å². The van der Waals surface area contributed by atoms with Crippen molar-refractivity contribution in [2.75, 3.05) is 6.61 Å². The molecule has 1 aromatic rings. The lowest BCUT2D eigenvalue weighted by atomic mass is 10.1. The van der Waals surface area contributed by atoms with Crippen molar-refractivity contribution in [1.82, 2.24) is 5.32 Å². The standard InChI is InChI=1S/C13H16N2O6/c1-3-21-9-4-5-11(15(19)20)10(7-9)13(18)14-8(2)6-12(16)17/h4-5,7-8H,3,6H2,1-2H3,(H,14,18)(H,16,17). The van der Waals surface area contributed by atoms with E-state index in [0.717, 1.165) is 0 Å². The molecule has 21 heavy (non-hydrogen) atoms. The van der Waals surface area contributed by atoms with Crippen molar-refractivity contribution < 1.29 is 24.4 Å². The van der Waals surface area contributed by atoms with E-state index in [0.29, 0.717) is 12.4 Å². The number of benzene rings is 1. The smallest absolute Gasteiger partial charge is 0.305 e. The number of nitrogens with one attached hydrogen (secondary N) is 1. The van der Waals surface area contributed by atoms with Crippen LogP contribution in [0.1, 0.15) is 30.6 Å². The fourth-order valence-corrected chi connectivity index (χ4v) is 1.73. The number of carbonyl (C=O) groups excluding carboxylic acids is 1. The highest BCUT2D eigenvalue weighted by Crippen LogP contribution is 2.24. The molecule has 0 bridgehead atoms. The Kier molecular flexibility index (Phi) is 5.65. The van der Waals surface area contributed by atoms with Gasteiger partial charge in [-0.25, -0.2) is 0 Å². The van der Waals surface area contributed by atoms with E-state index >= 15 is 0 Å². The number of carboxylic acid groups (broad SMARTS) is 1. The predicted octanol–water partition coefficient (Wildman–Crippen LogP) is 1.59. The first-order chi connectivity index (χ1) is 9.85. The first-order valence-electron chi connectivity index (χ1n) is 6.29. The predicted molar refractivity (Wildman–Crippen MR) is 73.4 cm³/mol. The fourth-order valence-electron chi connectivity index (χ4n) is 1.73. The number of carbonyl (C=O) groups is 2. The maximum absolute atomic E-state index is 12.1. The molecule has 0 aromatic heterocycles. The second kappa shape index (κ2) is 7.22. The van der Waals surface area contributed by atoms with Gasteiger partial charge in [0.25, 0.3) is 11.6 Å². The molecular formula is C13H16N2O6. The Hall–Kier alpha value is -2.64. The van der Waals surface area contributed by atoms with E-state index in [1.807, 2.05) is 0 Å². The number of hydrogen-bond acceptors (Lipinski definition) is 5. The summed E-state index contributed by atoms with van der Waals surface area (Å²) in [6, 6.07) is 3.20. The highest BCUT2D eigenvalue weighted by molar-refractivity contribution is 5.98. The molecule has 0 fully saturated rings. The number of nitro benzene ring substituents is 1. The summed E-state index contributed by atoms with van der Waals surface area (Å²) in [4.78, 5) is 32.9. The molecule has 1 rings (SSSR count). The molecule has 1 amide bonds. The zero-order valence-corrected chi connectivity index (χ0v) is 11.7. The summed E-state index contributed by atoms with van der Waals surface area (Å²) >= 11 is 0. The summed E-state index contributed by atoms with van der Waals surface area (Å²) in [5.74, 6) is -1.45. The number of hydrogen-bond donors (Lipinski definition) is 2. The van der Waals surface area contributed by atoms with Crippen molar-refractivity contribution >= 4 is 17.6 Å². The molecule has 2 N–H and O–H groups in total. The number of aliphatic carboxylic acids is 1. The van der Waals surface area contributed by atoms with Crippen LogP contribution >= 0.6 is 0 Å². The van der Waals surface area contributed by atoms with E-state index in [-0.39, 0.29) is 17.7 Å². The van der Waals surface area contributed by atoms with Gasteiger partial charge in [0.2, 0.25) is 0 Å². The van der Waals surface area contributed by atoms with Crippen LogP contribution in [0.2, 0.25) is 0 Å². The number of amides is 1. The van der Waals surface area contributed by atoms with Crippen molar-refractivity contribution in [3.8, 4) is 5.75 Å². The Morgan fingerprint density at radius 2 is 2.14 bits per heavy atom. The van der Waals surface area contributed by atoms with Crippen molar-refractivity contribution in [3.05, 3.63) is 33.9 Å². The summed E-state index contributed by atoms with van der Waals surface area (Å²) in [7, 11) is 0. The molecule has 1 unspecified atom stereocenters. The van der Waals surface area contributed by atoms with Crippen LogP contribution in [0.15, 0.2) is 18.2 Å². The van der Waals surface area contributed by atoms with Gasteiger partial charge < -0.3 is 15.2 Å². The Morgan fingerprint density at radius 1 is 1.48 bits per heavy atom. The maximum atomic E-state index is 12.1. The summed E-state index contributed by atoms with van der Waals surface area (Å²) in [6.07, 6.45) is -0.273. The van der Waals surface area contributed by atoms with Gasteiger partial charge >= 0.3 is 5.97 Å². The average Bonchev–Trinajstić information content (AvgIpc) is 2.37. The summed E-state index contributed by atoms with van der Waals surface area (Å²) in [5, 5.41) is 22.0. The lowest BCUT2D eigenvalue weighted by molar-refractivity contribution is -0.385. The van der Waals surface area contributed by atoms with Gasteiger partial charge in [0, 0.05) is 12.1 Å². The molecule has 0 saturated carbocycles. The SMILES string of the molecule is CCOc1ccc([N+](=O)[O-])c(C(=O)NC(C)CC(=O)O)c1. The van der Waals surface area contributed by atoms with Gasteiger partial charge in [-0.15, -0.1) is 0 Å². The van der Waals surface area contributed by atoms with Crippen molar-refractivity contribution in [2.24, 2.45) is 0 Å². The monoisotopic (exact) mass is 296 g/mol. The Morgan fingerprint density at radius 3 is 2.67 bits per heavy atom. The van der Waals surface area contributed by atoms with Crippen LogP contribution in [0.25, 0.3) is 0 Å². The molecule has 114 valence electrons. The molecule has 0 spiro atoms. The lowest BCUT2D eigenvalue weighted by Crippen LogP contribution is -2.34. The Labute approximate surface area is 120 Å². The normalized spacial score (nSPS) is 11.5. The van der Waals surface area contributed by atoms with Gasteiger partial charge in [-0.2, -0.15) is 0 Å². The van der Waals surface area contributed by atoms with E-state index in [1.165, 1.54) is 25.1 Å². The highest BCUT2D eigenvalue weighted by Gasteiger charge is 2.22. The zero-order chi connectivity index (χ0) is 16.0. The summed E-state index contributed by atoms with van der Waals surface area (Å²) < 4.78 is 5.20. The molecule has 0 radical (unpaired) electrons. The van der Waals surface area contributed by atoms with Crippen LogP contribution in [0, 0.1) is 10.1 Å². The van der Waals surface area contributed by atoms with Gasteiger partial charge in [0.15, 0.2) is 0 Å². The zero-order valence-electron chi connectivity index (χ0n) is 11.7. The Bertz CT molecular complexity index is 558. The largest absolute Gasteiger partial charge is 0.494 e. The van der Waals surface area contributed by atoms with Crippen molar-refractivity contribution in [1.29, 1.82) is 0 Å². The number of nitro groups is 1. The minimum atomic E-state index is -1.07. The number of carboxylic acids is 1. The van der Waals surface area contributed by atoms with Gasteiger partial charge in [-0.05, 0) is 26.0 Å². The van der Waals surface area contributed by atoms with Crippen LogP contribution in [0.4, 0.5) is 5.69 Å². The molecule has 0 saturated heterocycles. The first kappa shape index (κ1) is 16.4. The summed E-state index contributed by atoms with van der Waals surface area (Å²) in [5.41, 5.74) is -0.526. The third-order valence-corrected chi connectivity index (χ3v) is 2.58. The quantitative estimate of drug-likeness (QED) is 0.582.